The molecule has 0 aliphatic heterocycles. The molecular formula is C17H18N6O2S2. The normalized spacial score (nSPS) is 10.6. The van der Waals surface area contributed by atoms with Gasteiger partial charge in [-0.05, 0) is 18.9 Å². The zero-order valence-electron chi connectivity index (χ0n) is 14.6. The van der Waals surface area contributed by atoms with Gasteiger partial charge in [0.1, 0.15) is 10.0 Å². The Morgan fingerprint density at radius 1 is 1.04 bits per heavy atom. The Bertz CT molecular complexity index is 909. The highest BCUT2D eigenvalue weighted by molar-refractivity contribution is 7.15. The summed E-state index contributed by atoms with van der Waals surface area (Å²) in [4.78, 5) is 24.0. The SMILES string of the molecule is Cc1nnc(NC(=O)c2nnc(CCCC(=O)NCc3ccccc3)s2)s1. The summed E-state index contributed by atoms with van der Waals surface area (Å²) in [7, 11) is 0. The fraction of sp³-hybridized carbons (Fsp3) is 0.294. The van der Waals surface area contributed by atoms with Crippen LogP contribution in [0.5, 0.6) is 0 Å². The molecule has 0 bridgehead atoms. The molecular weight excluding hydrogens is 384 g/mol. The molecule has 27 heavy (non-hydrogen) atoms. The van der Waals surface area contributed by atoms with E-state index in [4.69, 9.17) is 0 Å². The molecule has 2 aromatic heterocycles. The molecule has 0 aliphatic carbocycles. The Hall–Kier alpha value is -2.72. The molecule has 0 radical (unpaired) electrons. The number of hydrogen-bond donors (Lipinski definition) is 2. The summed E-state index contributed by atoms with van der Waals surface area (Å²) in [5.74, 6) is -0.358. The minimum absolute atomic E-state index is 0.00651. The summed E-state index contributed by atoms with van der Waals surface area (Å²) >= 11 is 2.51. The second kappa shape index (κ2) is 9.28. The summed E-state index contributed by atoms with van der Waals surface area (Å²) in [5, 5.41) is 23.4. The van der Waals surface area contributed by atoms with Crippen LogP contribution < -0.4 is 10.6 Å². The minimum Gasteiger partial charge on any atom is -0.352 e. The maximum atomic E-state index is 12.1. The van der Waals surface area contributed by atoms with E-state index in [1.165, 1.54) is 22.7 Å². The molecule has 2 heterocycles. The van der Waals surface area contributed by atoms with Crippen molar-refractivity contribution in [1.82, 2.24) is 25.7 Å². The van der Waals surface area contributed by atoms with Crippen molar-refractivity contribution < 1.29 is 9.59 Å². The number of hydrogen-bond acceptors (Lipinski definition) is 8. The van der Waals surface area contributed by atoms with Crippen LogP contribution in [0.3, 0.4) is 0 Å². The van der Waals surface area contributed by atoms with Crippen LogP contribution in [0.25, 0.3) is 0 Å². The van der Waals surface area contributed by atoms with Gasteiger partial charge in [-0.1, -0.05) is 53.0 Å². The second-order valence-corrected chi connectivity index (χ2v) is 7.94. The quantitative estimate of drug-likeness (QED) is 0.599. The number of aryl methyl sites for hydroxylation is 2. The summed E-state index contributed by atoms with van der Waals surface area (Å²) in [6, 6.07) is 9.76. The van der Waals surface area contributed by atoms with E-state index in [0.717, 1.165) is 15.6 Å². The van der Waals surface area contributed by atoms with Crippen molar-refractivity contribution in [3.05, 3.63) is 50.9 Å². The van der Waals surface area contributed by atoms with Gasteiger partial charge >= 0.3 is 0 Å². The number of carbonyl (C=O) groups excluding carboxylic acids is 2. The minimum atomic E-state index is -0.351. The van der Waals surface area contributed by atoms with Crippen LogP contribution in [-0.4, -0.2) is 32.2 Å². The van der Waals surface area contributed by atoms with E-state index in [1.54, 1.807) is 0 Å². The fourth-order valence-electron chi connectivity index (χ4n) is 2.23. The predicted octanol–water partition coefficient (Wildman–Crippen LogP) is 2.59. The molecule has 0 saturated heterocycles. The second-order valence-electron chi connectivity index (χ2n) is 5.70. The Kier molecular flexibility index (Phi) is 6.55. The molecule has 2 N–H and O–H groups in total. The largest absolute Gasteiger partial charge is 0.352 e. The first kappa shape index (κ1) is 19.1. The van der Waals surface area contributed by atoms with Crippen LogP contribution in [-0.2, 0) is 17.8 Å². The molecule has 2 amide bonds. The van der Waals surface area contributed by atoms with Crippen molar-refractivity contribution >= 4 is 39.6 Å². The predicted molar refractivity (Wildman–Crippen MR) is 104 cm³/mol. The highest BCUT2D eigenvalue weighted by atomic mass is 32.1. The Labute approximate surface area is 164 Å². The molecule has 3 rings (SSSR count). The number of aromatic nitrogens is 4. The molecule has 3 aromatic rings. The van der Waals surface area contributed by atoms with Gasteiger partial charge in [-0.2, -0.15) is 0 Å². The van der Waals surface area contributed by atoms with Gasteiger partial charge in [0.15, 0.2) is 0 Å². The van der Waals surface area contributed by atoms with Gasteiger partial charge in [0.05, 0.1) is 0 Å². The maximum absolute atomic E-state index is 12.1. The van der Waals surface area contributed by atoms with Crippen LogP contribution >= 0.6 is 22.7 Å². The summed E-state index contributed by atoms with van der Waals surface area (Å²) < 4.78 is 0. The van der Waals surface area contributed by atoms with E-state index in [0.29, 0.717) is 30.9 Å². The number of carbonyl (C=O) groups is 2. The van der Waals surface area contributed by atoms with Crippen LogP contribution in [0.15, 0.2) is 30.3 Å². The lowest BCUT2D eigenvalue weighted by molar-refractivity contribution is -0.121. The van der Waals surface area contributed by atoms with Crippen LogP contribution in [0.4, 0.5) is 5.13 Å². The average Bonchev–Trinajstić information content (AvgIpc) is 3.30. The summed E-state index contributed by atoms with van der Waals surface area (Å²) in [6.07, 6.45) is 1.64. The highest BCUT2D eigenvalue weighted by Gasteiger charge is 2.15. The Balaban J connectivity index is 1.40. The molecule has 0 aliphatic rings. The first-order valence-electron chi connectivity index (χ1n) is 8.34. The van der Waals surface area contributed by atoms with E-state index in [2.05, 4.69) is 31.0 Å². The van der Waals surface area contributed by atoms with Crippen molar-refractivity contribution in [2.45, 2.75) is 32.7 Å². The molecule has 0 unspecified atom stereocenters. The van der Waals surface area contributed by atoms with Crippen LogP contribution in [0.2, 0.25) is 0 Å². The number of amides is 2. The van der Waals surface area contributed by atoms with Crippen molar-refractivity contribution in [3.8, 4) is 0 Å². The van der Waals surface area contributed by atoms with E-state index in [9.17, 15) is 9.59 Å². The highest BCUT2D eigenvalue weighted by Crippen LogP contribution is 2.17. The molecule has 0 fully saturated rings. The van der Waals surface area contributed by atoms with Gasteiger partial charge in [0, 0.05) is 19.4 Å². The molecule has 8 nitrogen and oxygen atoms in total. The zero-order valence-corrected chi connectivity index (χ0v) is 16.3. The molecule has 0 atom stereocenters. The third kappa shape index (κ3) is 5.90. The summed E-state index contributed by atoms with van der Waals surface area (Å²) in [5.41, 5.74) is 1.07. The number of nitrogens with one attached hydrogen (secondary N) is 2. The van der Waals surface area contributed by atoms with Gasteiger partial charge in [-0.3, -0.25) is 14.9 Å². The monoisotopic (exact) mass is 402 g/mol. The summed E-state index contributed by atoms with van der Waals surface area (Å²) in [6.45, 7) is 2.33. The van der Waals surface area contributed by atoms with Crippen LogP contribution in [0.1, 0.15) is 38.2 Å². The smallest absolute Gasteiger partial charge is 0.288 e. The lowest BCUT2D eigenvalue weighted by Crippen LogP contribution is -2.22. The van der Waals surface area contributed by atoms with Gasteiger partial charge in [-0.15, -0.1) is 20.4 Å². The molecule has 0 saturated carbocycles. The van der Waals surface area contributed by atoms with Gasteiger partial charge in [-0.25, -0.2) is 0 Å². The van der Waals surface area contributed by atoms with Gasteiger partial charge in [0.25, 0.3) is 5.91 Å². The van der Waals surface area contributed by atoms with E-state index < -0.39 is 0 Å². The van der Waals surface area contributed by atoms with Gasteiger partial charge in [0.2, 0.25) is 16.0 Å². The number of rotatable bonds is 8. The standard InChI is InChI=1S/C17H18N6O2S2/c1-11-20-23-17(26-11)19-15(25)16-22-21-14(27-16)9-5-8-13(24)18-10-12-6-3-2-4-7-12/h2-4,6-7H,5,8-10H2,1H3,(H,18,24)(H,19,23,25). The molecule has 140 valence electrons. The topological polar surface area (TPSA) is 110 Å². The third-order valence-electron chi connectivity index (χ3n) is 3.53. The first-order valence-corrected chi connectivity index (χ1v) is 9.98. The fourth-order valence-corrected chi connectivity index (χ4v) is 3.59. The zero-order chi connectivity index (χ0) is 19.1. The molecule has 1 aromatic carbocycles. The van der Waals surface area contributed by atoms with E-state index in [-0.39, 0.29) is 16.8 Å². The van der Waals surface area contributed by atoms with Crippen molar-refractivity contribution in [2.24, 2.45) is 0 Å². The molecule has 0 spiro atoms. The van der Waals surface area contributed by atoms with E-state index in [1.807, 2.05) is 37.3 Å². The van der Waals surface area contributed by atoms with E-state index >= 15 is 0 Å². The number of benzene rings is 1. The van der Waals surface area contributed by atoms with Crippen LogP contribution in [0, 0.1) is 6.92 Å². The number of nitrogens with zero attached hydrogens (tertiary/aromatic N) is 4. The Morgan fingerprint density at radius 2 is 1.85 bits per heavy atom. The third-order valence-corrected chi connectivity index (χ3v) is 5.27. The lowest BCUT2D eigenvalue weighted by atomic mass is 10.2. The molecule has 10 heteroatoms. The van der Waals surface area contributed by atoms with Crippen molar-refractivity contribution in [3.63, 3.8) is 0 Å². The maximum Gasteiger partial charge on any atom is 0.288 e. The van der Waals surface area contributed by atoms with Gasteiger partial charge < -0.3 is 5.32 Å². The average molecular weight is 403 g/mol. The number of anilines is 1. The Morgan fingerprint density at radius 3 is 2.59 bits per heavy atom. The first-order chi connectivity index (χ1) is 13.1. The lowest BCUT2D eigenvalue weighted by Gasteiger charge is -2.04. The van der Waals surface area contributed by atoms with Crippen molar-refractivity contribution in [2.75, 3.05) is 5.32 Å². The van der Waals surface area contributed by atoms with Crippen molar-refractivity contribution in [1.29, 1.82) is 0 Å².